The van der Waals surface area contributed by atoms with Gasteiger partial charge in [0.05, 0.1) is 5.69 Å². The lowest BCUT2D eigenvalue weighted by Crippen LogP contribution is -2.11. The molecule has 2 nitrogen and oxygen atoms in total. The number of aromatic nitrogens is 1. The van der Waals surface area contributed by atoms with Gasteiger partial charge in [0.25, 0.3) is 0 Å². The molecule has 0 bridgehead atoms. The van der Waals surface area contributed by atoms with Crippen LogP contribution >= 0.6 is 11.3 Å². The second kappa shape index (κ2) is 4.89. The summed E-state index contributed by atoms with van der Waals surface area (Å²) in [7, 11) is 0. The van der Waals surface area contributed by atoms with Crippen molar-refractivity contribution in [2.24, 2.45) is 0 Å². The molecule has 1 heterocycles. The van der Waals surface area contributed by atoms with E-state index < -0.39 is 0 Å². The number of nitrogens with zero attached hydrogens (tertiary/aromatic N) is 1. The van der Waals surface area contributed by atoms with Crippen LogP contribution in [0.1, 0.15) is 49.2 Å². The molecule has 0 spiro atoms. The first-order valence-electron chi connectivity index (χ1n) is 5.55. The molecule has 0 unspecified atom stereocenters. The molecular weight excluding hydrogens is 192 g/mol. The molecule has 1 aliphatic carbocycles. The lowest BCUT2D eigenvalue weighted by molar-refractivity contribution is 0.683. The van der Waals surface area contributed by atoms with Gasteiger partial charge in [0.1, 0.15) is 5.01 Å². The van der Waals surface area contributed by atoms with Gasteiger partial charge in [-0.15, -0.1) is 11.3 Å². The third kappa shape index (κ3) is 2.34. The zero-order valence-electron chi connectivity index (χ0n) is 8.75. The van der Waals surface area contributed by atoms with Crippen LogP contribution in [0.25, 0.3) is 0 Å². The van der Waals surface area contributed by atoms with Gasteiger partial charge in [-0.2, -0.15) is 0 Å². The van der Waals surface area contributed by atoms with E-state index in [-0.39, 0.29) is 0 Å². The van der Waals surface area contributed by atoms with Crippen molar-refractivity contribution in [1.29, 1.82) is 0 Å². The summed E-state index contributed by atoms with van der Waals surface area (Å²) in [5, 5.41) is 6.81. The molecule has 0 radical (unpaired) electrons. The Bertz CT molecular complexity index is 277. The van der Waals surface area contributed by atoms with E-state index in [0.717, 1.165) is 19.0 Å². The van der Waals surface area contributed by atoms with E-state index in [0.29, 0.717) is 0 Å². The van der Waals surface area contributed by atoms with Gasteiger partial charge in [-0.1, -0.05) is 19.8 Å². The van der Waals surface area contributed by atoms with Crippen LogP contribution in [-0.2, 0) is 6.54 Å². The summed E-state index contributed by atoms with van der Waals surface area (Å²) in [6, 6.07) is 0. The molecule has 1 fully saturated rings. The van der Waals surface area contributed by atoms with Crippen LogP contribution < -0.4 is 5.32 Å². The van der Waals surface area contributed by atoms with E-state index in [9.17, 15) is 0 Å². The summed E-state index contributed by atoms with van der Waals surface area (Å²) < 4.78 is 0. The van der Waals surface area contributed by atoms with Crippen LogP contribution in [0.5, 0.6) is 0 Å². The standard InChI is InChI=1S/C11H18N2S/c1-2-12-7-11-13-10(8-14-11)9-5-3-4-6-9/h8-9,12H,2-7H2,1H3. The van der Waals surface area contributed by atoms with Crippen LogP contribution in [0.15, 0.2) is 5.38 Å². The topological polar surface area (TPSA) is 24.9 Å². The van der Waals surface area contributed by atoms with Crippen molar-refractivity contribution in [2.75, 3.05) is 6.54 Å². The van der Waals surface area contributed by atoms with Gasteiger partial charge in [-0.25, -0.2) is 4.98 Å². The van der Waals surface area contributed by atoms with Crippen LogP contribution in [0.2, 0.25) is 0 Å². The van der Waals surface area contributed by atoms with Crippen molar-refractivity contribution in [3.05, 3.63) is 16.1 Å². The first-order valence-corrected chi connectivity index (χ1v) is 6.43. The Labute approximate surface area is 89.8 Å². The van der Waals surface area contributed by atoms with Crippen molar-refractivity contribution in [2.45, 2.75) is 45.1 Å². The molecule has 0 aliphatic heterocycles. The quantitative estimate of drug-likeness (QED) is 0.826. The normalized spacial score (nSPS) is 17.8. The molecule has 0 atom stereocenters. The molecule has 0 aromatic carbocycles. The van der Waals surface area contributed by atoms with Crippen molar-refractivity contribution >= 4 is 11.3 Å². The summed E-state index contributed by atoms with van der Waals surface area (Å²) in [5.74, 6) is 0.765. The number of hydrogen-bond acceptors (Lipinski definition) is 3. The highest BCUT2D eigenvalue weighted by atomic mass is 32.1. The smallest absolute Gasteiger partial charge is 0.107 e. The zero-order valence-corrected chi connectivity index (χ0v) is 9.57. The van der Waals surface area contributed by atoms with Gasteiger partial charge in [-0.3, -0.25) is 0 Å². The molecule has 1 aromatic heterocycles. The van der Waals surface area contributed by atoms with Gasteiger partial charge < -0.3 is 5.32 Å². The predicted molar refractivity (Wildman–Crippen MR) is 60.7 cm³/mol. The maximum Gasteiger partial charge on any atom is 0.107 e. The van der Waals surface area contributed by atoms with E-state index in [2.05, 4.69) is 22.6 Å². The molecule has 0 saturated heterocycles. The van der Waals surface area contributed by atoms with Crippen molar-refractivity contribution in [3.8, 4) is 0 Å². The average molecular weight is 210 g/mol. The Kier molecular flexibility index (Phi) is 3.54. The van der Waals surface area contributed by atoms with Crippen LogP contribution in [0.3, 0.4) is 0 Å². The monoisotopic (exact) mass is 210 g/mol. The highest BCUT2D eigenvalue weighted by molar-refractivity contribution is 7.09. The van der Waals surface area contributed by atoms with Gasteiger partial charge in [0.2, 0.25) is 0 Å². The third-order valence-electron chi connectivity index (χ3n) is 2.87. The average Bonchev–Trinajstić information content (AvgIpc) is 2.85. The highest BCUT2D eigenvalue weighted by Gasteiger charge is 2.19. The number of thiazole rings is 1. The first-order chi connectivity index (χ1) is 6.90. The lowest BCUT2D eigenvalue weighted by atomic mass is 10.1. The Morgan fingerprint density at radius 2 is 2.29 bits per heavy atom. The molecule has 1 aromatic rings. The summed E-state index contributed by atoms with van der Waals surface area (Å²) in [6.45, 7) is 4.09. The molecule has 0 amide bonds. The van der Waals surface area contributed by atoms with E-state index in [1.54, 1.807) is 11.3 Å². The van der Waals surface area contributed by atoms with E-state index in [1.165, 1.54) is 36.4 Å². The van der Waals surface area contributed by atoms with Crippen LogP contribution in [0.4, 0.5) is 0 Å². The highest BCUT2D eigenvalue weighted by Crippen LogP contribution is 2.34. The summed E-state index contributed by atoms with van der Waals surface area (Å²) in [4.78, 5) is 4.69. The molecule has 1 saturated carbocycles. The minimum Gasteiger partial charge on any atom is -0.311 e. The number of nitrogens with one attached hydrogen (secondary N) is 1. The number of rotatable bonds is 4. The molecule has 2 rings (SSSR count). The molecule has 1 N–H and O–H groups in total. The Morgan fingerprint density at radius 3 is 3.00 bits per heavy atom. The fourth-order valence-electron chi connectivity index (χ4n) is 2.05. The van der Waals surface area contributed by atoms with Crippen LogP contribution in [-0.4, -0.2) is 11.5 Å². The largest absolute Gasteiger partial charge is 0.311 e. The maximum absolute atomic E-state index is 4.69. The predicted octanol–water partition coefficient (Wildman–Crippen LogP) is 2.91. The molecule has 14 heavy (non-hydrogen) atoms. The third-order valence-corrected chi connectivity index (χ3v) is 3.74. The minimum absolute atomic E-state index is 0.765. The Hall–Kier alpha value is -0.410. The first kappa shape index (κ1) is 10.1. The van der Waals surface area contributed by atoms with Gasteiger partial charge in [0, 0.05) is 17.8 Å². The van der Waals surface area contributed by atoms with Gasteiger partial charge in [0.15, 0.2) is 0 Å². The summed E-state index contributed by atoms with van der Waals surface area (Å²) >= 11 is 1.80. The minimum atomic E-state index is 0.765. The van der Waals surface area contributed by atoms with Crippen molar-refractivity contribution in [1.82, 2.24) is 10.3 Å². The van der Waals surface area contributed by atoms with E-state index >= 15 is 0 Å². The zero-order chi connectivity index (χ0) is 9.80. The maximum atomic E-state index is 4.69. The van der Waals surface area contributed by atoms with E-state index in [4.69, 9.17) is 0 Å². The molecule has 3 heteroatoms. The van der Waals surface area contributed by atoms with Crippen LogP contribution in [0, 0.1) is 0 Å². The van der Waals surface area contributed by atoms with Gasteiger partial charge >= 0.3 is 0 Å². The summed E-state index contributed by atoms with van der Waals surface area (Å²) in [6.07, 6.45) is 5.49. The lowest BCUT2D eigenvalue weighted by Gasteiger charge is -2.03. The number of hydrogen-bond donors (Lipinski definition) is 1. The molecular formula is C11H18N2S. The second-order valence-electron chi connectivity index (χ2n) is 3.93. The second-order valence-corrected chi connectivity index (χ2v) is 4.87. The van der Waals surface area contributed by atoms with E-state index in [1.807, 2.05) is 0 Å². The fourth-order valence-corrected chi connectivity index (χ4v) is 2.89. The summed E-state index contributed by atoms with van der Waals surface area (Å²) in [5.41, 5.74) is 1.35. The molecule has 1 aliphatic rings. The SMILES string of the molecule is CCNCc1nc(C2CCCC2)cs1. The van der Waals surface area contributed by atoms with Gasteiger partial charge in [-0.05, 0) is 19.4 Å². The Morgan fingerprint density at radius 1 is 1.50 bits per heavy atom. The van der Waals surface area contributed by atoms with Crippen molar-refractivity contribution in [3.63, 3.8) is 0 Å². The molecule has 78 valence electrons. The fraction of sp³-hybridized carbons (Fsp3) is 0.727. The van der Waals surface area contributed by atoms with Crippen molar-refractivity contribution < 1.29 is 0 Å². The Balaban J connectivity index is 1.94.